The van der Waals surface area contributed by atoms with Gasteiger partial charge in [0.25, 0.3) is 0 Å². The van der Waals surface area contributed by atoms with E-state index in [-0.39, 0.29) is 5.54 Å². The van der Waals surface area contributed by atoms with Crippen molar-refractivity contribution in [3.05, 3.63) is 34.9 Å². The maximum atomic E-state index is 6.38. The largest absolute Gasteiger partial charge is 0.315 e. The van der Waals surface area contributed by atoms with Crippen molar-refractivity contribution in [1.82, 2.24) is 10.2 Å². The second-order valence-corrected chi connectivity index (χ2v) is 6.55. The molecule has 1 heterocycles. The second-order valence-electron chi connectivity index (χ2n) is 6.14. The van der Waals surface area contributed by atoms with Gasteiger partial charge in [0.1, 0.15) is 0 Å². The molecule has 1 aliphatic heterocycles. The smallest absolute Gasteiger partial charge is 0.0438 e. The Morgan fingerprint density at radius 1 is 1.19 bits per heavy atom. The summed E-state index contributed by atoms with van der Waals surface area (Å²) in [6, 6.07) is 8.69. The van der Waals surface area contributed by atoms with Gasteiger partial charge in [-0.2, -0.15) is 0 Å². The SMILES string of the molecule is CCC(CC)(C(Cc1ccccc1Cl)NC)N1CCCC1. The molecule has 2 nitrogen and oxygen atoms in total. The Bertz CT molecular complexity index is 437. The van der Waals surface area contributed by atoms with Crippen LogP contribution in [0.3, 0.4) is 0 Å². The summed E-state index contributed by atoms with van der Waals surface area (Å²) >= 11 is 6.38. The van der Waals surface area contributed by atoms with Crippen molar-refractivity contribution in [3.63, 3.8) is 0 Å². The molecule has 0 aliphatic carbocycles. The second kappa shape index (κ2) is 7.62. The Hall–Kier alpha value is -0.570. The van der Waals surface area contributed by atoms with Crippen LogP contribution >= 0.6 is 11.6 Å². The van der Waals surface area contributed by atoms with Crippen molar-refractivity contribution in [1.29, 1.82) is 0 Å². The fourth-order valence-electron chi connectivity index (χ4n) is 4.02. The summed E-state index contributed by atoms with van der Waals surface area (Å²) in [7, 11) is 2.09. The van der Waals surface area contributed by atoms with Crippen LogP contribution in [0.25, 0.3) is 0 Å². The number of nitrogens with one attached hydrogen (secondary N) is 1. The maximum absolute atomic E-state index is 6.38. The molecule has 3 heteroatoms. The summed E-state index contributed by atoms with van der Waals surface area (Å²) in [6.07, 6.45) is 6.03. The molecule has 0 aromatic heterocycles. The molecule has 0 radical (unpaired) electrons. The van der Waals surface area contributed by atoms with Gasteiger partial charge < -0.3 is 5.32 Å². The zero-order chi connectivity index (χ0) is 15.3. The number of hydrogen-bond donors (Lipinski definition) is 1. The van der Waals surface area contributed by atoms with E-state index in [4.69, 9.17) is 11.6 Å². The maximum Gasteiger partial charge on any atom is 0.0438 e. The van der Waals surface area contributed by atoms with Crippen LogP contribution in [-0.2, 0) is 6.42 Å². The lowest BCUT2D eigenvalue weighted by molar-refractivity contribution is 0.0650. The summed E-state index contributed by atoms with van der Waals surface area (Å²) in [5.74, 6) is 0. The van der Waals surface area contributed by atoms with E-state index in [1.165, 1.54) is 44.3 Å². The number of hydrogen-bond acceptors (Lipinski definition) is 2. The van der Waals surface area contributed by atoms with E-state index in [2.05, 4.69) is 43.2 Å². The van der Waals surface area contributed by atoms with Crippen molar-refractivity contribution in [3.8, 4) is 0 Å². The molecule has 1 saturated heterocycles. The lowest BCUT2D eigenvalue weighted by atomic mass is 9.80. The van der Waals surface area contributed by atoms with Crippen LogP contribution in [0.2, 0.25) is 5.02 Å². The van der Waals surface area contributed by atoms with E-state index in [0.29, 0.717) is 6.04 Å². The lowest BCUT2D eigenvalue weighted by Gasteiger charge is -2.47. The Balaban J connectivity index is 2.25. The van der Waals surface area contributed by atoms with E-state index >= 15 is 0 Å². The fraction of sp³-hybridized carbons (Fsp3) is 0.667. The van der Waals surface area contributed by atoms with Gasteiger partial charge in [0, 0.05) is 16.6 Å². The van der Waals surface area contributed by atoms with E-state index in [0.717, 1.165) is 11.4 Å². The lowest BCUT2D eigenvalue weighted by Crippen LogP contribution is -2.60. The minimum atomic E-state index is 0.240. The highest BCUT2D eigenvalue weighted by atomic mass is 35.5. The molecule has 0 bridgehead atoms. The van der Waals surface area contributed by atoms with Crippen molar-refractivity contribution in [2.24, 2.45) is 0 Å². The number of rotatable bonds is 7. The molecule has 21 heavy (non-hydrogen) atoms. The van der Waals surface area contributed by atoms with Gasteiger partial charge in [0.05, 0.1) is 0 Å². The highest BCUT2D eigenvalue weighted by molar-refractivity contribution is 6.31. The third-order valence-corrected chi connectivity index (χ3v) is 5.71. The van der Waals surface area contributed by atoms with Gasteiger partial charge in [-0.05, 0) is 63.9 Å². The van der Waals surface area contributed by atoms with Gasteiger partial charge in [-0.25, -0.2) is 0 Å². The number of benzene rings is 1. The van der Waals surface area contributed by atoms with Gasteiger partial charge in [-0.3, -0.25) is 4.90 Å². The number of halogens is 1. The van der Waals surface area contributed by atoms with Crippen molar-refractivity contribution in [2.45, 2.75) is 57.5 Å². The van der Waals surface area contributed by atoms with Crippen LogP contribution in [0.15, 0.2) is 24.3 Å². The third kappa shape index (κ3) is 3.44. The molecule has 1 unspecified atom stereocenters. The molecule has 1 N–H and O–H groups in total. The fourth-order valence-corrected chi connectivity index (χ4v) is 4.23. The van der Waals surface area contributed by atoms with Crippen LogP contribution in [0.4, 0.5) is 0 Å². The normalized spacial score (nSPS) is 18.1. The van der Waals surface area contributed by atoms with Gasteiger partial charge >= 0.3 is 0 Å². The number of nitrogens with zero attached hydrogens (tertiary/aromatic N) is 1. The molecule has 1 atom stereocenters. The van der Waals surface area contributed by atoms with Gasteiger partial charge in [-0.1, -0.05) is 43.6 Å². The topological polar surface area (TPSA) is 15.3 Å². The molecule has 118 valence electrons. The van der Waals surface area contributed by atoms with E-state index in [9.17, 15) is 0 Å². The van der Waals surface area contributed by atoms with Crippen LogP contribution in [0.1, 0.15) is 45.1 Å². The molecular weight excluding hydrogens is 280 g/mol. The van der Waals surface area contributed by atoms with Crippen LogP contribution in [0, 0.1) is 0 Å². The number of likely N-dealkylation sites (N-methyl/N-ethyl adjacent to an activating group) is 1. The standard InChI is InChI=1S/C18H29ClN2/c1-4-18(5-2,21-12-8-9-13-21)17(20-3)14-15-10-6-7-11-16(15)19/h6-7,10-11,17,20H,4-5,8-9,12-14H2,1-3H3. The Morgan fingerprint density at radius 3 is 2.33 bits per heavy atom. The number of likely N-dealkylation sites (tertiary alicyclic amines) is 1. The quantitative estimate of drug-likeness (QED) is 0.815. The molecule has 1 aromatic rings. The van der Waals surface area contributed by atoms with Crippen LogP contribution in [-0.4, -0.2) is 36.6 Å². The first kappa shape index (κ1) is 16.8. The van der Waals surface area contributed by atoms with Crippen molar-refractivity contribution < 1.29 is 0 Å². The molecule has 0 saturated carbocycles. The average Bonchev–Trinajstić information content (AvgIpc) is 3.04. The van der Waals surface area contributed by atoms with E-state index in [1.807, 2.05) is 12.1 Å². The molecule has 0 spiro atoms. The van der Waals surface area contributed by atoms with Gasteiger partial charge in [0.2, 0.25) is 0 Å². The zero-order valence-electron chi connectivity index (χ0n) is 13.7. The predicted molar refractivity (Wildman–Crippen MR) is 92.1 cm³/mol. The van der Waals surface area contributed by atoms with E-state index < -0.39 is 0 Å². The predicted octanol–water partition coefficient (Wildman–Crippen LogP) is 4.13. The molecule has 1 fully saturated rings. The molecule has 1 aliphatic rings. The van der Waals surface area contributed by atoms with Crippen LogP contribution < -0.4 is 5.32 Å². The summed E-state index contributed by atoms with van der Waals surface area (Å²) < 4.78 is 0. The van der Waals surface area contributed by atoms with Crippen molar-refractivity contribution in [2.75, 3.05) is 20.1 Å². The Labute approximate surface area is 134 Å². The minimum Gasteiger partial charge on any atom is -0.315 e. The Kier molecular flexibility index (Phi) is 6.09. The minimum absolute atomic E-state index is 0.240. The third-order valence-electron chi connectivity index (χ3n) is 5.34. The van der Waals surface area contributed by atoms with Crippen LogP contribution in [0.5, 0.6) is 0 Å². The monoisotopic (exact) mass is 308 g/mol. The summed E-state index contributed by atoms with van der Waals surface area (Å²) in [4.78, 5) is 2.71. The first-order chi connectivity index (χ1) is 10.2. The zero-order valence-corrected chi connectivity index (χ0v) is 14.4. The molecule has 1 aromatic carbocycles. The van der Waals surface area contributed by atoms with Gasteiger partial charge in [0.15, 0.2) is 0 Å². The summed E-state index contributed by atoms with van der Waals surface area (Å²) in [5, 5.41) is 4.49. The molecular formula is C18H29ClN2. The summed E-state index contributed by atoms with van der Waals surface area (Å²) in [6.45, 7) is 7.14. The highest BCUT2D eigenvalue weighted by Crippen LogP contribution is 2.33. The van der Waals surface area contributed by atoms with Gasteiger partial charge in [-0.15, -0.1) is 0 Å². The average molecular weight is 309 g/mol. The van der Waals surface area contributed by atoms with Crippen molar-refractivity contribution >= 4 is 11.6 Å². The molecule has 2 rings (SSSR count). The first-order valence-electron chi connectivity index (χ1n) is 8.33. The summed E-state index contributed by atoms with van der Waals surface area (Å²) in [5.41, 5.74) is 1.49. The van der Waals surface area contributed by atoms with E-state index in [1.54, 1.807) is 0 Å². The highest BCUT2D eigenvalue weighted by Gasteiger charge is 2.41. The molecule has 0 amide bonds. The Morgan fingerprint density at radius 2 is 1.81 bits per heavy atom. The first-order valence-corrected chi connectivity index (χ1v) is 8.71.